The van der Waals surface area contributed by atoms with Crippen molar-refractivity contribution in [3.05, 3.63) is 40.6 Å². The molecule has 2 rings (SSSR count). The van der Waals surface area contributed by atoms with Gasteiger partial charge in [-0.2, -0.15) is 11.3 Å². The summed E-state index contributed by atoms with van der Waals surface area (Å²) in [4.78, 5) is 0. The Morgan fingerprint density at radius 1 is 1.35 bits per heavy atom. The standard InChI is InChI=1S/C13H16N2OS/c1-9(10-6-7-17-8-10)15-11-4-3-5-12(16-2)13(11)14/h3-9,15H,14H2,1-2H3. The molecule has 4 heteroatoms. The van der Waals surface area contributed by atoms with Crippen LogP contribution in [0, 0.1) is 0 Å². The highest BCUT2D eigenvalue weighted by Crippen LogP contribution is 2.31. The highest BCUT2D eigenvalue weighted by molar-refractivity contribution is 7.07. The monoisotopic (exact) mass is 248 g/mol. The molecule has 0 aliphatic carbocycles. The topological polar surface area (TPSA) is 47.3 Å². The van der Waals surface area contributed by atoms with Crippen molar-refractivity contribution in [1.82, 2.24) is 0 Å². The zero-order valence-corrected chi connectivity index (χ0v) is 10.8. The van der Waals surface area contributed by atoms with Gasteiger partial charge in [-0.25, -0.2) is 0 Å². The lowest BCUT2D eigenvalue weighted by atomic mass is 10.1. The molecule has 1 aromatic heterocycles. The van der Waals surface area contributed by atoms with Crippen LogP contribution in [0.2, 0.25) is 0 Å². The maximum atomic E-state index is 6.01. The summed E-state index contributed by atoms with van der Waals surface area (Å²) in [7, 11) is 1.62. The predicted octanol–water partition coefficient (Wildman–Crippen LogP) is 3.51. The van der Waals surface area contributed by atoms with Crippen LogP contribution in [0.4, 0.5) is 11.4 Å². The second-order valence-electron chi connectivity index (χ2n) is 3.84. The molecule has 0 bridgehead atoms. The van der Waals surface area contributed by atoms with Crippen LogP contribution in [-0.4, -0.2) is 7.11 Å². The summed E-state index contributed by atoms with van der Waals surface area (Å²) in [5, 5.41) is 7.59. The number of nitrogens with one attached hydrogen (secondary N) is 1. The summed E-state index contributed by atoms with van der Waals surface area (Å²) in [6.07, 6.45) is 0. The van der Waals surface area contributed by atoms with Crippen LogP contribution in [0.25, 0.3) is 0 Å². The summed E-state index contributed by atoms with van der Waals surface area (Å²) < 4.78 is 5.19. The van der Waals surface area contributed by atoms with E-state index in [9.17, 15) is 0 Å². The summed E-state index contributed by atoms with van der Waals surface area (Å²) in [6.45, 7) is 2.11. The number of para-hydroxylation sites is 1. The van der Waals surface area contributed by atoms with E-state index in [0.717, 1.165) is 5.69 Å². The molecule has 0 amide bonds. The van der Waals surface area contributed by atoms with E-state index in [-0.39, 0.29) is 6.04 Å². The maximum absolute atomic E-state index is 6.01. The summed E-state index contributed by atoms with van der Waals surface area (Å²) in [5.74, 6) is 0.701. The number of ether oxygens (including phenoxy) is 1. The molecule has 1 heterocycles. The molecule has 0 saturated carbocycles. The number of thiophene rings is 1. The Kier molecular flexibility index (Phi) is 3.54. The first-order valence-electron chi connectivity index (χ1n) is 5.43. The van der Waals surface area contributed by atoms with Crippen LogP contribution in [0.5, 0.6) is 5.75 Å². The van der Waals surface area contributed by atoms with Crippen molar-refractivity contribution >= 4 is 22.7 Å². The highest BCUT2D eigenvalue weighted by Gasteiger charge is 2.09. The summed E-state index contributed by atoms with van der Waals surface area (Å²) in [5.41, 5.74) is 8.83. The number of hydrogen-bond acceptors (Lipinski definition) is 4. The maximum Gasteiger partial charge on any atom is 0.143 e. The van der Waals surface area contributed by atoms with Crippen LogP contribution in [0.15, 0.2) is 35.0 Å². The van der Waals surface area contributed by atoms with Gasteiger partial charge in [-0.3, -0.25) is 0 Å². The smallest absolute Gasteiger partial charge is 0.143 e. The minimum absolute atomic E-state index is 0.232. The Morgan fingerprint density at radius 2 is 2.18 bits per heavy atom. The molecule has 3 nitrogen and oxygen atoms in total. The normalized spacial score (nSPS) is 12.1. The van der Waals surface area contributed by atoms with Crippen molar-refractivity contribution < 1.29 is 4.74 Å². The first kappa shape index (κ1) is 11.8. The van der Waals surface area contributed by atoms with E-state index in [1.165, 1.54) is 5.56 Å². The van der Waals surface area contributed by atoms with Gasteiger partial charge in [-0.05, 0) is 41.4 Å². The van der Waals surface area contributed by atoms with Gasteiger partial charge in [0.15, 0.2) is 0 Å². The summed E-state index contributed by atoms with van der Waals surface area (Å²) in [6, 6.07) is 8.09. The van der Waals surface area contributed by atoms with Gasteiger partial charge in [0.05, 0.1) is 18.5 Å². The molecule has 17 heavy (non-hydrogen) atoms. The van der Waals surface area contributed by atoms with Crippen molar-refractivity contribution in [2.75, 3.05) is 18.2 Å². The molecular formula is C13H16N2OS. The lowest BCUT2D eigenvalue weighted by Gasteiger charge is -2.17. The number of hydrogen-bond donors (Lipinski definition) is 2. The zero-order chi connectivity index (χ0) is 12.3. The fraction of sp³-hybridized carbons (Fsp3) is 0.231. The van der Waals surface area contributed by atoms with E-state index >= 15 is 0 Å². The van der Waals surface area contributed by atoms with Crippen molar-refractivity contribution in [2.24, 2.45) is 0 Å². The van der Waals surface area contributed by atoms with Gasteiger partial charge < -0.3 is 15.8 Å². The number of rotatable bonds is 4. The second-order valence-corrected chi connectivity index (χ2v) is 4.62. The lowest BCUT2D eigenvalue weighted by Crippen LogP contribution is -2.08. The Balaban J connectivity index is 2.19. The molecule has 0 radical (unpaired) electrons. The van der Waals surface area contributed by atoms with Crippen LogP contribution >= 0.6 is 11.3 Å². The first-order chi connectivity index (χ1) is 8.22. The fourth-order valence-electron chi connectivity index (χ4n) is 1.69. The largest absolute Gasteiger partial charge is 0.495 e. The molecule has 3 N–H and O–H groups in total. The van der Waals surface area contributed by atoms with Gasteiger partial charge in [0.2, 0.25) is 0 Å². The van der Waals surface area contributed by atoms with Gasteiger partial charge in [0.25, 0.3) is 0 Å². The average Bonchev–Trinajstić information content (AvgIpc) is 2.85. The van der Waals surface area contributed by atoms with Crippen molar-refractivity contribution in [2.45, 2.75) is 13.0 Å². The molecule has 0 aliphatic heterocycles. The minimum Gasteiger partial charge on any atom is -0.495 e. The molecule has 1 unspecified atom stereocenters. The second kappa shape index (κ2) is 5.10. The van der Waals surface area contributed by atoms with E-state index in [1.807, 2.05) is 18.2 Å². The van der Waals surface area contributed by atoms with E-state index < -0.39 is 0 Å². The Morgan fingerprint density at radius 3 is 2.82 bits per heavy atom. The van der Waals surface area contributed by atoms with Gasteiger partial charge in [-0.1, -0.05) is 6.07 Å². The molecule has 0 spiro atoms. The van der Waals surface area contributed by atoms with Crippen molar-refractivity contribution in [3.63, 3.8) is 0 Å². The lowest BCUT2D eigenvalue weighted by molar-refractivity contribution is 0.417. The van der Waals surface area contributed by atoms with E-state index in [2.05, 4.69) is 29.1 Å². The molecule has 1 atom stereocenters. The molecular weight excluding hydrogens is 232 g/mol. The Labute approximate surface area is 105 Å². The fourth-order valence-corrected chi connectivity index (χ4v) is 2.44. The molecule has 90 valence electrons. The zero-order valence-electron chi connectivity index (χ0n) is 9.94. The number of methoxy groups -OCH3 is 1. The van der Waals surface area contributed by atoms with E-state index in [4.69, 9.17) is 10.5 Å². The Hall–Kier alpha value is -1.68. The highest BCUT2D eigenvalue weighted by atomic mass is 32.1. The van der Waals surface area contributed by atoms with Gasteiger partial charge in [0.1, 0.15) is 5.75 Å². The summed E-state index contributed by atoms with van der Waals surface area (Å²) >= 11 is 1.69. The van der Waals surface area contributed by atoms with Gasteiger partial charge >= 0.3 is 0 Å². The number of anilines is 2. The molecule has 1 aromatic carbocycles. The molecule has 0 saturated heterocycles. The molecule has 2 aromatic rings. The third kappa shape index (κ3) is 2.53. The Bertz CT molecular complexity index is 482. The SMILES string of the molecule is COc1cccc(NC(C)c2ccsc2)c1N. The number of nitrogen functional groups attached to an aromatic ring is 1. The third-order valence-corrected chi connectivity index (χ3v) is 3.40. The quantitative estimate of drug-likeness (QED) is 0.814. The number of benzene rings is 1. The van der Waals surface area contributed by atoms with Crippen molar-refractivity contribution in [3.8, 4) is 5.75 Å². The average molecular weight is 248 g/mol. The van der Waals surface area contributed by atoms with Gasteiger partial charge in [-0.15, -0.1) is 0 Å². The third-order valence-electron chi connectivity index (χ3n) is 2.70. The first-order valence-corrected chi connectivity index (χ1v) is 6.37. The molecule has 0 fully saturated rings. The van der Waals surface area contributed by atoms with Gasteiger partial charge in [0, 0.05) is 6.04 Å². The van der Waals surface area contributed by atoms with Crippen LogP contribution in [0.3, 0.4) is 0 Å². The van der Waals surface area contributed by atoms with Crippen molar-refractivity contribution in [1.29, 1.82) is 0 Å². The van der Waals surface area contributed by atoms with Crippen LogP contribution in [0.1, 0.15) is 18.5 Å². The van der Waals surface area contributed by atoms with E-state index in [1.54, 1.807) is 18.4 Å². The predicted molar refractivity (Wildman–Crippen MR) is 73.8 cm³/mol. The number of nitrogens with two attached hydrogens (primary N) is 1. The minimum atomic E-state index is 0.232. The van der Waals surface area contributed by atoms with Crippen LogP contribution < -0.4 is 15.8 Å². The van der Waals surface area contributed by atoms with Crippen LogP contribution in [-0.2, 0) is 0 Å². The van der Waals surface area contributed by atoms with E-state index in [0.29, 0.717) is 11.4 Å². The molecule has 0 aliphatic rings.